The summed E-state index contributed by atoms with van der Waals surface area (Å²) < 4.78 is 6.31. The molecule has 0 aromatic carbocycles. The van der Waals surface area contributed by atoms with Crippen LogP contribution in [0.1, 0.15) is 72.1 Å². The van der Waals surface area contributed by atoms with E-state index in [1.165, 1.54) is 50.5 Å². The van der Waals surface area contributed by atoms with E-state index in [0.29, 0.717) is 0 Å². The molecule has 0 aromatic rings. The molecule has 1 rings (SSSR count). The molecule has 19 heavy (non-hydrogen) atoms. The van der Waals surface area contributed by atoms with E-state index in [9.17, 15) is 0 Å². The van der Waals surface area contributed by atoms with Crippen LogP contribution in [-0.4, -0.2) is 5.60 Å². The fourth-order valence-electron chi connectivity index (χ4n) is 2.77. The van der Waals surface area contributed by atoms with E-state index in [1.54, 1.807) is 0 Å². The summed E-state index contributed by atoms with van der Waals surface area (Å²) in [5, 5.41) is 0. The van der Waals surface area contributed by atoms with Crippen molar-refractivity contribution in [3.63, 3.8) is 0 Å². The molecule has 0 bridgehead atoms. The van der Waals surface area contributed by atoms with Gasteiger partial charge < -0.3 is 4.74 Å². The molecule has 1 heteroatoms. The summed E-state index contributed by atoms with van der Waals surface area (Å²) in [4.78, 5) is 0. The van der Waals surface area contributed by atoms with Crippen molar-refractivity contribution in [3.8, 4) is 0 Å². The van der Waals surface area contributed by atoms with Crippen molar-refractivity contribution in [2.45, 2.75) is 77.7 Å². The zero-order valence-electron chi connectivity index (χ0n) is 13.0. The zero-order valence-corrected chi connectivity index (χ0v) is 13.0. The smallest absolute Gasteiger partial charge is 0.109 e. The van der Waals surface area contributed by atoms with Gasteiger partial charge in [0.2, 0.25) is 0 Å². The monoisotopic (exact) mass is 262 g/mol. The van der Waals surface area contributed by atoms with Gasteiger partial charge in [0.1, 0.15) is 5.60 Å². The van der Waals surface area contributed by atoms with Gasteiger partial charge in [0.25, 0.3) is 0 Å². The summed E-state index contributed by atoms with van der Waals surface area (Å²) in [7, 11) is 0. The van der Waals surface area contributed by atoms with Gasteiger partial charge in [-0.15, -0.1) is 0 Å². The number of allylic oxidation sites excluding steroid dienone is 5. The van der Waals surface area contributed by atoms with Gasteiger partial charge in [-0.25, -0.2) is 0 Å². The Morgan fingerprint density at radius 3 is 2.68 bits per heavy atom. The van der Waals surface area contributed by atoms with Crippen molar-refractivity contribution in [1.29, 1.82) is 0 Å². The Morgan fingerprint density at radius 1 is 1.26 bits per heavy atom. The van der Waals surface area contributed by atoms with Crippen molar-refractivity contribution in [1.82, 2.24) is 0 Å². The Labute approximate surface area is 119 Å². The third kappa shape index (κ3) is 5.26. The van der Waals surface area contributed by atoms with E-state index in [1.807, 2.05) is 6.08 Å². The van der Waals surface area contributed by atoms with E-state index in [-0.39, 0.29) is 5.60 Å². The average molecular weight is 262 g/mol. The summed E-state index contributed by atoms with van der Waals surface area (Å²) >= 11 is 0. The minimum atomic E-state index is 0.131. The van der Waals surface area contributed by atoms with Gasteiger partial charge in [0, 0.05) is 6.42 Å². The highest BCUT2D eigenvalue weighted by molar-refractivity contribution is 5.22. The Bertz CT molecular complexity index is 338. The Morgan fingerprint density at radius 2 is 2.05 bits per heavy atom. The van der Waals surface area contributed by atoms with Gasteiger partial charge in [0.05, 0.1) is 5.76 Å². The fourth-order valence-corrected chi connectivity index (χ4v) is 2.77. The Balaban J connectivity index is 2.63. The second-order valence-electron chi connectivity index (χ2n) is 5.74. The van der Waals surface area contributed by atoms with Gasteiger partial charge in [-0.1, -0.05) is 57.4 Å². The number of hydrogen-bond donors (Lipinski definition) is 0. The SMILES string of the molecule is C=C/C(C)=C\C=C1/CCC(CCC)(CCCCC)O1. The quantitative estimate of drug-likeness (QED) is 0.389. The van der Waals surface area contributed by atoms with Crippen molar-refractivity contribution in [3.05, 3.63) is 36.1 Å². The number of rotatable bonds is 8. The highest BCUT2D eigenvalue weighted by Gasteiger charge is 2.36. The van der Waals surface area contributed by atoms with Gasteiger partial charge in [-0.05, 0) is 38.7 Å². The molecule has 0 saturated carbocycles. The van der Waals surface area contributed by atoms with Crippen LogP contribution in [0.15, 0.2) is 36.1 Å². The zero-order chi connectivity index (χ0) is 14.1. The molecule has 1 aliphatic rings. The van der Waals surface area contributed by atoms with Crippen LogP contribution in [0.5, 0.6) is 0 Å². The van der Waals surface area contributed by atoms with Crippen LogP contribution in [0, 0.1) is 0 Å². The van der Waals surface area contributed by atoms with E-state index in [4.69, 9.17) is 4.74 Å². The van der Waals surface area contributed by atoms with Gasteiger partial charge in [0.15, 0.2) is 0 Å². The topological polar surface area (TPSA) is 9.23 Å². The summed E-state index contributed by atoms with van der Waals surface area (Å²) in [5.41, 5.74) is 1.32. The highest BCUT2D eigenvalue weighted by Crippen LogP contribution is 2.40. The molecule has 1 nitrogen and oxygen atoms in total. The lowest BCUT2D eigenvalue weighted by Gasteiger charge is -2.28. The molecule has 1 saturated heterocycles. The van der Waals surface area contributed by atoms with Crippen molar-refractivity contribution < 1.29 is 4.74 Å². The molecule has 0 spiro atoms. The molecular formula is C18H30O. The normalized spacial score (nSPS) is 25.6. The van der Waals surface area contributed by atoms with Crippen LogP contribution in [0.2, 0.25) is 0 Å². The molecule has 1 aliphatic heterocycles. The molecule has 1 fully saturated rings. The van der Waals surface area contributed by atoms with Crippen LogP contribution < -0.4 is 0 Å². The van der Waals surface area contributed by atoms with E-state index < -0.39 is 0 Å². The average Bonchev–Trinajstić information content (AvgIpc) is 2.80. The molecule has 108 valence electrons. The standard InChI is InChI=1S/C18H30O/c1-5-8-9-14-18(13-6-2)15-12-17(19-18)11-10-16(4)7-3/h7,10-11H,3,5-6,8-9,12-15H2,1-2,4H3/b16-10-,17-11+. The molecule has 0 N–H and O–H groups in total. The van der Waals surface area contributed by atoms with Gasteiger partial charge in [-0.2, -0.15) is 0 Å². The van der Waals surface area contributed by atoms with Gasteiger partial charge in [-0.3, -0.25) is 0 Å². The maximum absolute atomic E-state index is 6.31. The second kappa shape index (κ2) is 8.24. The van der Waals surface area contributed by atoms with Crippen molar-refractivity contribution in [2.24, 2.45) is 0 Å². The summed E-state index contributed by atoms with van der Waals surface area (Å²) in [6.07, 6.45) is 15.9. The Hall–Kier alpha value is -0.980. The van der Waals surface area contributed by atoms with E-state index >= 15 is 0 Å². The molecule has 1 heterocycles. The maximum Gasteiger partial charge on any atom is 0.109 e. The van der Waals surface area contributed by atoms with Crippen LogP contribution in [0.25, 0.3) is 0 Å². The summed E-state index contributed by atoms with van der Waals surface area (Å²) in [5.74, 6) is 1.16. The minimum absolute atomic E-state index is 0.131. The van der Waals surface area contributed by atoms with Crippen LogP contribution >= 0.6 is 0 Å². The van der Waals surface area contributed by atoms with Gasteiger partial charge >= 0.3 is 0 Å². The molecule has 0 amide bonds. The summed E-state index contributed by atoms with van der Waals surface area (Å²) in [6, 6.07) is 0. The first-order chi connectivity index (χ1) is 9.15. The molecule has 0 radical (unpaired) electrons. The third-order valence-corrected chi connectivity index (χ3v) is 3.97. The molecule has 0 aromatic heterocycles. The lowest BCUT2D eigenvalue weighted by molar-refractivity contribution is 0.0204. The number of unbranched alkanes of at least 4 members (excludes halogenated alkanes) is 2. The van der Waals surface area contributed by atoms with Crippen molar-refractivity contribution >= 4 is 0 Å². The number of ether oxygens (including phenoxy) is 1. The second-order valence-corrected chi connectivity index (χ2v) is 5.74. The first-order valence-corrected chi connectivity index (χ1v) is 7.84. The first kappa shape index (κ1) is 16.1. The lowest BCUT2D eigenvalue weighted by atomic mass is 9.88. The van der Waals surface area contributed by atoms with Crippen molar-refractivity contribution in [2.75, 3.05) is 0 Å². The van der Waals surface area contributed by atoms with Crippen LogP contribution in [0.3, 0.4) is 0 Å². The largest absolute Gasteiger partial charge is 0.492 e. The molecule has 1 unspecified atom stereocenters. The van der Waals surface area contributed by atoms with Crippen LogP contribution in [0.4, 0.5) is 0 Å². The van der Waals surface area contributed by atoms with E-state index in [2.05, 4.69) is 39.5 Å². The highest BCUT2D eigenvalue weighted by atomic mass is 16.5. The first-order valence-electron chi connectivity index (χ1n) is 7.84. The fraction of sp³-hybridized carbons (Fsp3) is 0.667. The predicted molar refractivity (Wildman–Crippen MR) is 84.1 cm³/mol. The maximum atomic E-state index is 6.31. The van der Waals surface area contributed by atoms with Crippen LogP contribution in [-0.2, 0) is 4.74 Å². The predicted octanol–water partition coefficient (Wildman–Crippen LogP) is 5.93. The van der Waals surface area contributed by atoms with E-state index in [0.717, 1.165) is 12.2 Å². The molecular weight excluding hydrogens is 232 g/mol. The Kier molecular flexibility index (Phi) is 6.97. The third-order valence-electron chi connectivity index (χ3n) is 3.97. The molecule has 1 atom stereocenters. The lowest BCUT2D eigenvalue weighted by Crippen LogP contribution is -2.27. The molecule has 0 aliphatic carbocycles. The number of hydrogen-bond acceptors (Lipinski definition) is 1. The summed E-state index contributed by atoms with van der Waals surface area (Å²) in [6.45, 7) is 10.4. The minimum Gasteiger partial charge on any atom is -0.492 e.